The molecule has 104 valence electrons. The van der Waals surface area contributed by atoms with Crippen molar-refractivity contribution in [1.82, 2.24) is 10.2 Å². The third kappa shape index (κ3) is 3.57. The third-order valence-electron chi connectivity index (χ3n) is 4.02. The van der Waals surface area contributed by atoms with Crippen LogP contribution in [0.5, 0.6) is 0 Å². The van der Waals surface area contributed by atoms with Crippen LogP contribution in [0.25, 0.3) is 0 Å². The van der Waals surface area contributed by atoms with Crippen LogP contribution in [0.3, 0.4) is 0 Å². The van der Waals surface area contributed by atoms with Gasteiger partial charge in [0.05, 0.1) is 6.04 Å². The fraction of sp³-hybridized carbons (Fsp3) is 0.562. The molecule has 3 heteroatoms. The summed E-state index contributed by atoms with van der Waals surface area (Å²) >= 11 is 0. The minimum atomic E-state index is 0.175. The van der Waals surface area contributed by atoms with Gasteiger partial charge in [-0.25, -0.2) is 0 Å². The highest BCUT2D eigenvalue weighted by Gasteiger charge is 2.23. The molecule has 0 aliphatic heterocycles. The summed E-state index contributed by atoms with van der Waals surface area (Å²) in [7, 11) is 0. The second kappa shape index (κ2) is 6.71. The Morgan fingerprint density at radius 3 is 2.79 bits per heavy atom. The van der Waals surface area contributed by atoms with Crippen LogP contribution in [-0.4, -0.2) is 30.4 Å². The summed E-state index contributed by atoms with van der Waals surface area (Å²) in [4.78, 5) is 14.3. The minimum absolute atomic E-state index is 0.175. The average Bonchev–Trinajstić information content (AvgIpc) is 2.83. The molecule has 0 saturated heterocycles. The smallest absolute Gasteiger partial charge is 0.221 e. The number of nitrogens with zero attached hydrogens (tertiary/aromatic N) is 1. The van der Waals surface area contributed by atoms with Crippen LogP contribution < -0.4 is 5.32 Å². The zero-order valence-corrected chi connectivity index (χ0v) is 12.0. The molecule has 2 rings (SSSR count). The van der Waals surface area contributed by atoms with E-state index in [1.165, 1.54) is 11.1 Å². The topological polar surface area (TPSA) is 32.3 Å². The molecule has 0 spiro atoms. The molecule has 0 fully saturated rings. The molecule has 1 unspecified atom stereocenters. The van der Waals surface area contributed by atoms with Gasteiger partial charge in [0.2, 0.25) is 5.91 Å². The number of fused-ring (bicyclic) bond motifs is 1. The van der Waals surface area contributed by atoms with Crippen molar-refractivity contribution in [2.75, 3.05) is 19.6 Å². The molecule has 1 aromatic rings. The number of aryl methyl sites for hydroxylation is 1. The van der Waals surface area contributed by atoms with Crippen LogP contribution in [0.2, 0.25) is 0 Å². The molecular weight excluding hydrogens is 236 g/mol. The summed E-state index contributed by atoms with van der Waals surface area (Å²) in [5.74, 6) is 0.175. The highest BCUT2D eigenvalue weighted by molar-refractivity contribution is 5.76. The number of benzene rings is 1. The van der Waals surface area contributed by atoms with E-state index in [2.05, 4.69) is 48.3 Å². The Kier molecular flexibility index (Phi) is 4.97. The normalized spacial score (nSPS) is 17.5. The summed E-state index contributed by atoms with van der Waals surface area (Å²) < 4.78 is 0. The van der Waals surface area contributed by atoms with E-state index in [9.17, 15) is 4.79 Å². The molecule has 1 aromatic carbocycles. The zero-order valence-electron chi connectivity index (χ0n) is 12.0. The standard InChI is InChI=1S/C16H24N2O/c1-3-18(4-2)12-11-16(19)17-15-10-9-13-7-5-6-8-14(13)15/h5-8,15H,3-4,9-12H2,1-2H3,(H,17,19). The quantitative estimate of drug-likeness (QED) is 0.852. The van der Waals surface area contributed by atoms with Crippen LogP contribution in [0, 0.1) is 0 Å². The summed E-state index contributed by atoms with van der Waals surface area (Å²) in [5.41, 5.74) is 2.69. The Hall–Kier alpha value is -1.35. The lowest BCUT2D eigenvalue weighted by molar-refractivity contribution is -0.122. The first-order chi connectivity index (χ1) is 9.24. The lowest BCUT2D eigenvalue weighted by Gasteiger charge is -2.19. The third-order valence-corrected chi connectivity index (χ3v) is 4.02. The average molecular weight is 260 g/mol. The number of nitrogens with one attached hydrogen (secondary N) is 1. The summed E-state index contributed by atoms with van der Waals surface area (Å²) in [5, 5.41) is 3.17. The van der Waals surface area contributed by atoms with Crippen molar-refractivity contribution >= 4 is 5.91 Å². The van der Waals surface area contributed by atoms with E-state index in [1.54, 1.807) is 0 Å². The maximum absolute atomic E-state index is 12.0. The van der Waals surface area contributed by atoms with Gasteiger partial charge in [0.1, 0.15) is 0 Å². The second-order valence-electron chi connectivity index (χ2n) is 5.13. The maximum atomic E-state index is 12.0. The van der Waals surface area contributed by atoms with E-state index in [-0.39, 0.29) is 11.9 Å². The minimum Gasteiger partial charge on any atom is -0.349 e. The van der Waals surface area contributed by atoms with Gasteiger partial charge in [0.15, 0.2) is 0 Å². The van der Waals surface area contributed by atoms with Crippen LogP contribution in [-0.2, 0) is 11.2 Å². The van der Waals surface area contributed by atoms with Gasteiger partial charge >= 0.3 is 0 Å². The Morgan fingerprint density at radius 1 is 1.32 bits per heavy atom. The van der Waals surface area contributed by atoms with E-state index in [4.69, 9.17) is 0 Å². The largest absolute Gasteiger partial charge is 0.349 e. The van der Waals surface area contributed by atoms with E-state index in [0.717, 1.165) is 32.5 Å². The molecule has 1 atom stereocenters. The van der Waals surface area contributed by atoms with Crippen molar-refractivity contribution in [1.29, 1.82) is 0 Å². The number of rotatable bonds is 6. The molecule has 1 amide bonds. The number of carbonyl (C=O) groups excluding carboxylic acids is 1. The lowest BCUT2D eigenvalue weighted by Crippen LogP contribution is -2.32. The summed E-state index contributed by atoms with van der Waals surface area (Å²) in [6.07, 6.45) is 2.72. The van der Waals surface area contributed by atoms with Gasteiger partial charge in [-0.15, -0.1) is 0 Å². The van der Waals surface area contributed by atoms with E-state index in [1.807, 2.05) is 0 Å². The van der Waals surface area contributed by atoms with E-state index < -0.39 is 0 Å². The number of carbonyl (C=O) groups is 1. The van der Waals surface area contributed by atoms with Gasteiger partial charge in [0.25, 0.3) is 0 Å². The molecule has 3 nitrogen and oxygen atoms in total. The Bertz CT molecular complexity index is 427. The van der Waals surface area contributed by atoms with E-state index in [0.29, 0.717) is 6.42 Å². The lowest BCUT2D eigenvalue weighted by atomic mass is 10.1. The molecule has 0 radical (unpaired) electrons. The first-order valence-electron chi connectivity index (χ1n) is 7.34. The van der Waals surface area contributed by atoms with Crippen molar-refractivity contribution in [3.63, 3.8) is 0 Å². The SMILES string of the molecule is CCN(CC)CCC(=O)NC1CCc2ccccc21. The van der Waals surface area contributed by atoms with Crippen LogP contribution in [0.15, 0.2) is 24.3 Å². The fourth-order valence-electron chi connectivity index (χ4n) is 2.77. The molecule has 1 aliphatic carbocycles. The van der Waals surface area contributed by atoms with Gasteiger partial charge in [-0.3, -0.25) is 4.79 Å². The monoisotopic (exact) mass is 260 g/mol. The highest BCUT2D eigenvalue weighted by atomic mass is 16.1. The van der Waals surface area contributed by atoms with Gasteiger partial charge < -0.3 is 10.2 Å². The predicted molar refractivity (Wildman–Crippen MR) is 78.1 cm³/mol. The molecule has 0 aromatic heterocycles. The number of hydrogen-bond acceptors (Lipinski definition) is 2. The van der Waals surface area contributed by atoms with Crippen molar-refractivity contribution in [3.8, 4) is 0 Å². The highest BCUT2D eigenvalue weighted by Crippen LogP contribution is 2.30. The van der Waals surface area contributed by atoms with Crippen molar-refractivity contribution in [2.24, 2.45) is 0 Å². The zero-order chi connectivity index (χ0) is 13.7. The molecular formula is C16H24N2O. The van der Waals surface area contributed by atoms with Crippen molar-refractivity contribution in [3.05, 3.63) is 35.4 Å². The molecule has 1 N–H and O–H groups in total. The van der Waals surface area contributed by atoms with Crippen molar-refractivity contribution < 1.29 is 4.79 Å². The first-order valence-corrected chi connectivity index (χ1v) is 7.34. The second-order valence-corrected chi connectivity index (χ2v) is 5.13. The summed E-state index contributed by atoms with van der Waals surface area (Å²) in [6.45, 7) is 7.14. The maximum Gasteiger partial charge on any atom is 0.221 e. The fourth-order valence-corrected chi connectivity index (χ4v) is 2.77. The molecule has 0 bridgehead atoms. The Morgan fingerprint density at radius 2 is 2.05 bits per heavy atom. The van der Waals surface area contributed by atoms with Gasteiger partial charge in [0, 0.05) is 13.0 Å². The van der Waals surface area contributed by atoms with Crippen LogP contribution in [0.4, 0.5) is 0 Å². The Balaban J connectivity index is 1.84. The van der Waals surface area contributed by atoms with Gasteiger partial charge in [-0.05, 0) is 37.1 Å². The predicted octanol–water partition coefficient (Wildman–Crippen LogP) is 2.52. The van der Waals surface area contributed by atoms with Crippen LogP contribution >= 0.6 is 0 Å². The molecule has 19 heavy (non-hydrogen) atoms. The Labute approximate surface area is 116 Å². The van der Waals surface area contributed by atoms with E-state index >= 15 is 0 Å². The first kappa shape index (κ1) is 14.1. The number of amides is 1. The molecule has 0 heterocycles. The van der Waals surface area contributed by atoms with Crippen molar-refractivity contribution in [2.45, 2.75) is 39.2 Å². The van der Waals surface area contributed by atoms with Gasteiger partial charge in [-0.2, -0.15) is 0 Å². The number of hydrogen-bond donors (Lipinski definition) is 1. The van der Waals surface area contributed by atoms with Crippen LogP contribution in [0.1, 0.15) is 43.9 Å². The molecule has 1 aliphatic rings. The summed E-state index contributed by atoms with van der Waals surface area (Å²) in [6, 6.07) is 8.65. The van der Waals surface area contributed by atoms with Gasteiger partial charge in [-0.1, -0.05) is 38.1 Å². The molecule has 0 saturated carbocycles.